The molecule has 0 saturated heterocycles. The van der Waals surface area contributed by atoms with Crippen LogP contribution < -0.4 is 22.1 Å². The molecule has 160 valence electrons. The van der Waals surface area contributed by atoms with Crippen LogP contribution in [0.2, 0.25) is 0 Å². The van der Waals surface area contributed by atoms with Crippen molar-refractivity contribution in [2.75, 3.05) is 13.1 Å². The SMILES string of the molecule is CCCC(C)(C)C(=O)NC(CCN)CCC(CCN)NC(=O)C(C)(C)CC. The fourth-order valence-corrected chi connectivity index (χ4v) is 3.04. The molecule has 0 aromatic heterocycles. The lowest BCUT2D eigenvalue weighted by molar-refractivity contribution is -0.131. The zero-order valence-electron chi connectivity index (χ0n) is 18.5. The van der Waals surface area contributed by atoms with Gasteiger partial charge in [-0.1, -0.05) is 48.0 Å². The van der Waals surface area contributed by atoms with E-state index < -0.39 is 0 Å². The van der Waals surface area contributed by atoms with Crippen LogP contribution in [0.25, 0.3) is 0 Å². The molecule has 0 bridgehead atoms. The van der Waals surface area contributed by atoms with E-state index in [1.807, 2.05) is 34.6 Å². The Labute approximate surface area is 166 Å². The van der Waals surface area contributed by atoms with Crippen LogP contribution in [0.3, 0.4) is 0 Å². The number of hydrogen-bond donors (Lipinski definition) is 4. The Kier molecular flexibility index (Phi) is 11.8. The number of carbonyl (C=O) groups is 2. The minimum atomic E-state index is -0.387. The third-order valence-electron chi connectivity index (χ3n) is 5.55. The predicted octanol–water partition coefficient (Wildman–Crippen LogP) is 2.70. The summed E-state index contributed by atoms with van der Waals surface area (Å²) in [6.45, 7) is 13.0. The number of carbonyl (C=O) groups excluding carboxylic acids is 2. The highest BCUT2D eigenvalue weighted by atomic mass is 16.2. The Morgan fingerprint density at radius 1 is 0.778 bits per heavy atom. The second-order valence-electron chi connectivity index (χ2n) is 8.94. The van der Waals surface area contributed by atoms with Gasteiger partial charge in [0, 0.05) is 22.9 Å². The zero-order chi connectivity index (χ0) is 21.1. The van der Waals surface area contributed by atoms with Crippen molar-refractivity contribution in [3.8, 4) is 0 Å². The van der Waals surface area contributed by atoms with Crippen molar-refractivity contribution in [3.63, 3.8) is 0 Å². The number of amides is 2. The summed E-state index contributed by atoms with van der Waals surface area (Å²) >= 11 is 0. The summed E-state index contributed by atoms with van der Waals surface area (Å²) in [7, 11) is 0. The zero-order valence-corrected chi connectivity index (χ0v) is 18.5. The Morgan fingerprint density at radius 2 is 1.19 bits per heavy atom. The summed E-state index contributed by atoms with van der Waals surface area (Å²) in [5.74, 6) is 0.140. The maximum Gasteiger partial charge on any atom is 0.225 e. The summed E-state index contributed by atoms with van der Waals surface area (Å²) in [6.07, 6.45) is 5.64. The largest absolute Gasteiger partial charge is 0.353 e. The van der Waals surface area contributed by atoms with Gasteiger partial charge in [-0.2, -0.15) is 0 Å². The van der Waals surface area contributed by atoms with Crippen molar-refractivity contribution >= 4 is 11.8 Å². The third-order valence-corrected chi connectivity index (χ3v) is 5.55. The van der Waals surface area contributed by atoms with E-state index in [4.69, 9.17) is 11.5 Å². The van der Waals surface area contributed by atoms with Crippen molar-refractivity contribution in [3.05, 3.63) is 0 Å². The summed E-state index contributed by atoms with van der Waals surface area (Å²) in [5.41, 5.74) is 10.7. The molecule has 27 heavy (non-hydrogen) atoms. The molecule has 2 unspecified atom stereocenters. The molecule has 0 heterocycles. The van der Waals surface area contributed by atoms with E-state index in [0.717, 1.165) is 44.9 Å². The highest BCUT2D eigenvalue weighted by molar-refractivity contribution is 5.82. The van der Waals surface area contributed by atoms with E-state index in [1.165, 1.54) is 0 Å². The molecule has 0 aliphatic heterocycles. The van der Waals surface area contributed by atoms with Crippen molar-refractivity contribution in [1.82, 2.24) is 10.6 Å². The van der Waals surface area contributed by atoms with E-state index in [1.54, 1.807) is 0 Å². The maximum absolute atomic E-state index is 12.6. The first-order valence-corrected chi connectivity index (χ1v) is 10.6. The Hall–Kier alpha value is -1.14. The summed E-state index contributed by atoms with van der Waals surface area (Å²) in [6, 6.07) is 0.0455. The number of rotatable bonds is 14. The molecular formula is C21H44N4O2. The van der Waals surface area contributed by atoms with Gasteiger partial charge >= 0.3 is 0 Å². The molecule has 6 heteroatoms. The highest BCUT2D eigenvalue weighted by Crippen LogP contribution is 2.23. The van der Waals surface area contributed by atoms with Crippen molar-refractivity contribution in [1.29, 1.82) is 0 Å². The first kappa shape index (κ1) is 25.9. The van der Waals surface area contributed by atoms with E-state index in [0.29, 0.717) is 13.1 Å². The van der Waals surface area contributed by atoms with E-state index in [9.17, 15) is 9.59 Å². The monoisotopic (exact) mass is 384 g/mol. The van der Waals surface area contributed by atoms with Gasteiger partial charge in [-0.25, -0.2) is 0 Å². The average Bonchev–Trinajstić information content (AvgIpc) is 2.59. The lowest BCUT2D eigenvalue weighted by Crippen LogP contribution is -2.46. The first-order chi connectivity index (χ1) is 12.5. The Morgan fingerprint density at radius 3 is 1.52 bits per heavy atom. The van der Waals surface area contributed by atoms with Crippen LogP contribution in [0.4, 0.5) is 0 Å². The summed E-state index contributed by atoms with van der Waals surface area (Å²) in [4.78, 5) is 25.1. The molecule has 6 nitrogen and oxygen atoms in total. The van der Waals surface area contributed by atoms with Gasteiger partial charge in [0.2, 0.25) is 11.8 Å². The normalized spacial score (nSPS) is 14.5. The Bertz CT molecular complexity index is 449. The van der Waals surface area contributed by atoms with Crippen molar-refractivity contribution in [2.45, 2.75) is 98.6 Å². The smallest absolute Gasteiger partial charge is 0.225 e. The van der Waals surface area contributed by atoms with Gasteiger partial charge in [-0.3, -0.25) is 9.59 Å². The van der Waals surface area contributed by atoms with Gasteiger partial charge < -0.3 is 22.1 Å². The molecule has 0 aliphatic rings. The standard InChI is InChI=1S/C21H44N4O2/c1-7-13-21(5,6)19(27)25-17(12-15-23)10-9-16(11-14-22)24-18(26)20(3,4)8-2/h16-17H,7-15,22-23H2,1-6H3,(H,24,26)(H,25,27). The quantitative estimate of drug-likeness (QED) is 0.369. The summed E-state index contributed by atoms with van der Waals surface area (Å²) < 4.78 is 0. The number of hydrogen-bond acceptors (Lipinski definition) is 4. The first-order valence-electron chi connectivity index (χ1n) is 10.6. The van der Waals surface area contributed by atoms with Crippen LogP contribution >= 0.6 is 0 Å². The van der Waals surface area contributed by atoms with Crippen LogP contribution in [0.15, 0.2) is 0 Å². The second kappa shape index (κ2) is 12.3. The molecule has 0 rings (SSSR count). The van der Waals surface area contributed by atoms with Gasteiger partial charge in [-0.05, 0) is 51.6 Å². The van der Waals surface area contributed by atoms with E-state index in [2.05, 4.69) is 17.6 Å². The van der Waals surface area contributed by atoms with Gasteiger partial charge in [0.25, 0.3) is 0 Å². The van der Waals surface area contributed by atoms with E-state index in [-0.39, 0.29) is 34.7 Å². The highest BCUT2D eigenvalue weighted by Gasteiger charge is 2.29. The second-order valence-corrected chi connectivity index (χ2v) is 8.94. The third kappa shape index (κ3) is 9.56. The molecule has 0 aliphatic carbocycles. The molecule has 0 radical (unpaired) electrons. The number of nitrogens with one attached hydrogen (secondary N) is 2. The molecule has 0 aromatic carbocycles. The number of nitrogens with two attached hydrogens (primary N) is 2. The van der Waals surface area contributed by atoms with Crippen LogP contribution in [0, 0.1) is 10.8 Å². The lowest BCUT2D eigenvalue weighted by atomic mass is 9.86. The fourth-order valence-electron chi connectivity index (χ4n) is 3.04. The van der Waals surface area contributed by atoms with E-state index >= 15 is 0 Å². The molecule has 6 N–H and O–H groups in total. The van der Waals surface area contributed by atoms with Crippen LogP contribution in [0.5, 0.6) is 0 Å². The molecular weight excluding hydrogens is 340 g/mol. The predicted molar refractivity (Wildman–Crippen MR) is 113 cm³/mol. The van der Waals surface area contributed by atoms with Gasteiger partial charge in [0.05, 0.1) is 0 Å². The van der Waals surface area contributed by atoms with Crippen LogP contribution in [-0.2, 0) is 9.59 Å². The van der Waals surface area contributed by atoms with Gasteiger partial charge in [0.15, 0.2) is 0 Å². The summed E-state index contributed by atoms with van der Waals surface area (Å²) in [5, 5.41) is 6.32. The van der Waals surface area contributed by atoms with Crippen LogP contribution in [0.1, 0.15) is 86.5 Å². The molecule has 0 fully saturated rings. The molecule has 0 spiro atoms. The Balaban J connectivity index is 4.86. The van der Waals surface area contributed by atoms with Gasteiger partial charge in [0.1, 0.15) is 0 Å². The molecule has 0 aromatic rings. The molecule has 2 atom stereocenters. The van der Waals surface area contributed by atoms with Crippen molar-refractivity contribution < 1.29 is 9.59 Å². The average molecular weight is 385 g/mol. The van der Waals surface area contributed by atoms with Crippen molar-refractivity contribution in [2.24, 2.45) is 22.3 Å². The van der Waals surface area contributed by atoms with Crippen LogP contribution in [-0.4, -0.2) is 37.0 Å². The minimum absolute atomic E-state index is 0.0224. The lowest BCUT2D eigenvalue weighted by Gasteiger charge is -2.29. The topological polar surface area (TPSA) is 110 Å². The maximum atomic E-state index is 12.6. The fraction of sp³-hybridized carbons (Fsp3) is 0.905. The van der Waals surface area contributed by atoms with Gasteiger partial charge in [-0.15, -0.1) is 0 Å². The minimum Gasteiger partial charge on any atom is -0.353 e. The molecule has 2 amide bonds. The molecule has 0 saturated carbocycles.